The van der Waals surface area contributed by atoms with Crippen LogP contribution in [0.2, 0.25) is 0 Å². The van der Waals surface area contributed by atoms with Gasteiger partial charge in [0, 0.05) is 32.7 Å². The maximum Gasteiger partial charge on any atom is 0.209 e. The van der Waals surface area contributed by atoms with E-state index in [0.717, 1.165) is 38.3 Å². The molecule has 0 saturated carbocycles. The standard InChI is InChI=1S/C14H20N2O3/c17-12-16-8-6-15(7-9-16)10-13(18)11-19-14-4-2-1-3-5-14/h1-5,12-13,18H,6-11H2/t13-/m1/s1. The fourth-order valence-electron chi connectivity index (χ4n) is 2.11. The summed E-state index contributed by atoms with van der Waals surface area (Å²) in [5, 5.41) is 9.94. The van der Waals surface area contributed by atoms with Gasteiger partial charge in [0.25, 0.3) is 0 Å². The second kappa shape index (κ2) is 7.11. The molecule has 0 aliphatic carbocycles. The number of aliphatic hydroxyl groups is 1. The van der Waals surface area contributed by atoms with Crippen molar-refractivity contribution in [3.8, 4) is 5.75 Å². The molecule has 0 spiro atoms. The van der Waals surface area contributed by atoms with E-state index in [1.54, 1.807) is 4.90 Å². The van der Waals surface area contributed by atoms with Crippen molar-refractivity contribution in [2.75, 3.05) is 39.3 Å². The molecule has 5 nitrogen and oxygen atoms in total. The van der Waals surface area contributed by atoms with E-state index in [-0.39, 0.29) is 6.61 Å². The van der Waals surface area contributed by atoms with Gasteiger partial charge in [0.15, 0.2) is 0 Å². The number of nitrogens with zero attached hydrogens (tertiary/aromatic N) is 2. The van der Waals surface area contributed by atoms with Crippen LogP contribution >= 0.6 is 0 Å². The number of carbonyl (C=O) groups is 1. The van der Waals surface area contributed by atoms with E-state index in [2.05, 4.69) is 4.90 Å². The first-order chi connectivity index (χ1) is 9.28. The minimum atomic E-state index is -0.511. The first-order valence-corrected chi connectivity index (χ1v) is 6.55. The van der Waals surface area contributed by atoms with Gasteiger partial charge in [0.1, 0.15) is 18.5 Å². The Kier molecular flexibility index (Phi) is 5.18. The molecule has 0 unspecified atom stereocenters. The second-order valence-electron chi connectivity index (χ2n) is 4.72. The number of β-amino-alcohol motifs (C(OH)–C–C–N with tert-alkyl or cyclic N) is 1. The van der Waals surface area contributed by atoms with E-state index < -0.39 is 6.10 Å². The van der Waals surface area contributed by atoms with Crippen LogP contribution in [0.5, 0.6) is 5.75 Å². The molecule has 1 aliphatic heterocycles. The zero-order valence-electron chi connectivity index (χ0n) is 10.9. The molecule has 1 aliphatic rings. The third kappa shape index (κ3) is 4.54. The van der Waals surface area contributed by atoms with Crippen LogP contribution in [0.25, 0.3) is 0 Å². The van der Waals surface area contributed by atoms with Crippen molar-refractivity contribution in [3.05, 3.63) is 30.3 Å². The quantitative estimate of drug-likeness (QED) is 0.746. The van der Waals surface area contributed by atoms with Crippen LogP contribution in [-0.2, 0) is 4.79 Å². The average molecular weight is 264 g/mol. The highest BCUT2D eigenvalue weighted by molar-refractivity contribution is 5.47. The van der Waals surface area contributed by atoms with Gasteiger partial charge in [-0.15, -0.1) is 0 Å². The summed E-state index contributed by atoms with van der Waals surface area (Å²) in [5.74, 6) is 0.771. The molecule has 1 atom stereocenters. The van der Waals surface area contributed by atoms with Gasteiger partial charge in [-0.25, -0.2) is 0 Å². The Morgan fingerprint density at radius 3 is 2.53 bits per heavy atom. The summed E-state index contributed by atoms with van der Waals surface area (Å²) in [6.07, 6.45) is 0.370. The largest absolute Gasteiger partial charge is 0.491 e. The van der Waals surface area contributed by atoms with Crippen molar-refractivity contribution in [2.45, 2.75) is 6.10 Å². The normalized spacial score (nSPS) is 18.1. The van der Waals surface area contributed by atoms with Crippen LogP contribution < -0.4 is 4.74 Å². The van der Waals surface area contributed by atoms with Crippen molar-refractivity contribution in [1.82, 2.24) is 9.80 Å². The summed E-state index contributed by atoms with van der Waals surface area (Å²) >= 11 is 0. The molecular weight excluding hydrogens is 244 g/mol. The maximum absolute atomic E-state index is 10.6. The molecule has 5 heteroatoms. The summed E-state index contributed by atoms with van der Waals surface area (Å²) in [4.78, 5) is 14.5. The minimum absolute atomic E-state index is 0.290. The highest BCUT2D eigenvalue weighted by atomic mass is 16.5. The fraction of sp³-hybridized carbons (Fsp3) is 0.500. The number of hydrogen-bond donors (Lipinski definition) is 1. The van der Waals surface area contributed by atoms with Crippen molar-refractivity contribution in [1.29, 1.82) is 0 Å². The van der Waals surface area contributed by atoms with Gasteiger partial charge in [0.2, 0.25) is 6.41 Å². The van der Waals surface area contributed by atoms with Gasteiger partial charge < -0.3 is 14.7 Å². The van der Waals surface area contributed by atoms with E-state index in [1.807, 2.05) is 30.3 Å². The molecule has 19 heavy (non-hydrogen) atoms. The topological polar surface area (TPSA) is 53.0 Å². The van der Waals surface area contributed by atoms with Crippen molar-refractivity contribution in [3.63, 3.8) is 0 Å². The summed E-state index contributed by atoms with van der Waals surface area (Å²) in [6, 6.07) is 9.47. The van der Waals surface area contributed by atoms with Crippen LogP contribution in [0.1, 0.15) is 0 Å². The average Bonchev–Trinajstić information content (AvgIpc) is 2.47. The molecule has 0 aromatic heterocycles. The summed E-state index contributed by atoms with van der Waals surface area (Å²) < 4.78 is 5.51. The number of aliphatic hydroxyl groups excluding tert-OH is 1. The predicted octanol–water partition coefficient (Wildman–Crippen LogP) is 0.200. The van der Waals surface area contributed by atoms with E-state index in [9.17, 15) is 9.90 Å². The Morgan fingerprint density at radius 2 is 1.89 bits per heavy atom. The lowest BCUT2D eigenvalue weighted by atomic mass is 10.3. The van der Waals surface area contributed by atoms with Gasteiger partial charge >= 0.3 is 0 Å². The first kappa shape index (κ1) is 13.8. The predicted molar refractivity (Wildman–Crippen MR) is 72.0 cm³/mol. The zero-order valence-corrected chi connectivity index (χ0v) is 10.9. The van der Waals surface area contributed by atoms with Gasteiger partial charge in [-0.1, -0.05) is 18.2 Å². The smallest absolute Gasteiger partial charge is 0.209 e. The molecule has 0 radical (unpaired) electrons. The number of piperazine rings is 1. The van der Waals surface area contributed by atoms with Gasteiger partial charge in [-0.3, -0.25) is 9.69 Å². The molecule has 2 rings (SSSR count). The maximum atomic E-state index is 10.6. The van der Waals surface area contributed by atoms with Crippen LogP contribution in [0.3, 0.4) is 0 Å². The van der Waals surface area contributed by atoms with Gasteiger partial charge in [-0.05, 0) is 12.1 Å². The lowest BCUT2D eigenvalue weighted by molar-refractivity contribution is -0.119. The Labute approximate surface area is 113 Å². The van der Waals surface area contributed by atoms with E-state index >= 15 is 0 Å². The number of amides is 1. The Balaban J connectivity index is 1.67. The Bertz CT molecular complexity index is 378. The minimum Gasteiger partial charge on any atom is -0.491 e. The zero-order chi connectivity index (χ0) is 13.5. The van der Waals surface area contributed by atoms with Crippen molar-refractivity contribution >= 4 is 6.41 Å². The lowest BCUT2D eigenvalue weighted by Gasteiger charge is -2.33. The molecule has 1 fully saturated rings. The molecule has 1 saturated heterocycles. The molecule has 1 N–H and O–H groups in total. The second-order valence-corrected chi connectivity index (χ2v) is 4.72. The summed E-state index contributed by atoms with van der Waals surface area (Å²) in [6.45, 7) is 3.95. The number of benzene rings is 1. The molecule has 1 aromatic carbocycles. The highest BCUT2D eigenvalue weighted by Crippen LogP contribution is 2.09. The highest BCUT2D eigenvalue weighted by Gasteiger charge is 2.18. The van der Waals surface area contributed by atoms with E-state index in [4.69, 9.17) is 4.74 Å². The number of para-hydroxylation sites is 1. The fourth-order valence-corrected chi connectivity index (χ4v) is 2.11. The first-order valence-electron chi connectivity index (χ1n) is 6.55. The third-order valence-corrected chi connectivity index (χ3v) is 3.21. The number of ether oxygens (including phenoxy) is 1. The molecule has 1 amide bonds. The summed E-state index contributed by atoms with van der Waals surface area (Å²) in [5.41, 5.74) is 0. The number of hydrogen-bond acceptors (Lipinski definition) is 4. The Hall–Kier alpha value is -1.59. The molecule has 104 valence electrons. The van der Waals surface area contributed by atoms with E-state index in [1.165, 1.54) is 0 Å². The van der Waals surface area contributed by atoms with Gasteiger partial charge in [-0.2, -0.15) is 0 Å². The van der Waals surface area contributed by atoms with Crippen LogP contribution in [0.15, 0.2) is 30.3 Å². The van der Waals surface area contributed by atoms with Crippen LogP contribution in [0, 0.1) is 0 Å². The number of carbonyl (C=O) groups excluding carboxylic acids is 1. The Morgan fingerprint density at radius 1 is 1.21 bits per heavy atom. The van der Waals surface area contributed by atoms with Gasteiger partial charge in [0.05, 0.1) is 0 Å². The number of rotatable bonds is 6. The molecule has 0 bridgehead atoms. The van der Waals surface area contributed by atoms with Crippen LogP contribution in [-0.4, -0.2) is 66.8 Å². The van der Waals surface area contributed by atoms with E-state index in [0.29, 0.717) is 6.54 Å². The SMILES string of the molecule is O=CN1CCN(C[C@@H](O)COc2ccccc2)CC1. The van der Waals surface area contributed by atoms with Crippen molar-refractivity contribution in [2.24, 2.45) is 0 Å². The van der Waals surface area contributed by atoms with Crippen LogP contribution in [0.4, 0.5) is 0 Å². The summed E-state index contributed by atoms with van der Waals surface area (Å²) in [7, 11) is 0. The third-order valence-electron chi connectivity index (χ3n) is 3.21. The molecule has 1 aromatic rings. The lowest BCUT2D eigenvalue weighted by Crippen LogP contribution is -2.48. The molecular formula is C14H20N2O3. The molecule has 1 heterocycles. The monoisotopic (exact) mass is 264 g/mol. The van der Waals surface area contributed by atoms with Crippen molar-refractivity contribution < 1.29 is 14.6 Å².